The molecule has 1 aromatic heterocycles. The molecule has 1 aliphatic rings. The van der Waals surface area contributed by atoms with E-state index in [0.717, 1.165) is 11.3 Å². The maximum Gasteiger partial charge on any atom is 0.243 e. The monoisotopic (exact) mass is 363 g/mol. The van der Waals surface area contributed by atoms with Crippen molar-refractivity contribution in [3.63, 3.8) is 0 Å². The highest BCUT2D eigenvalue weighted by Gasteiger charge is 2.34. The summed E-state index contributed by atoms with van der Waals surface area (Å²) in [5, 5.41) is 7.91. The lowest BCUT2D eigenvalue weighted by Crippen LogP contribution is -2.31. The molecule has 2 aromatic rings. The van der Waals surface area contributed by atoms with Crippen LogP contribution in [0.15, 0.2) is 35.2 Å². The number of sulfonamides is 1. The van der Waals surface area contributed by atoms with Crippen LogP contribution in [0.4, 0.5) is 0 Å². The van der Waals surface area contributed by atoms with Gasteiger partial charge in [0.05, 0.1) is 24.2 Å². The van der Waals surface area contributed by atoms with Gasteiger partial charge in [0.2, 0.25) is 15.9 Å². The average molecular weight is 363 g/mol. The van der Waals surface area contributed by atoms with E-state index in [1.807, 2.05) is 19.9 Å². The predicted molar refractivity (Wildman–Crippen MR) is 92.3 cm³/mol. The Morgan fingerprint density at radius 3 is 2.60 bits per heavy atom. The normalized spacial score (nSPS) is 18.3. The number of rotatable bonds is 5. The van der Waals surface area contributed by atoms with Crippen LogP contribution in [0.1, 0.15) is 17.7 Å². The number of hydrogen-bond acceptors (Lipinski definition) is 6. The van der Waals surface area contributed by atoms with Gasteiger partial charge in [0.1, 0.15) is 11.9 Å². The highest BCUT2D eigenvalue weighted by Crippen LogP contribution is 2.27. The highest BCUT2D eigenvalue weighted by molar-refractivity contribution is 7.89. The first-order chi connectivity index (χ1) is 11.9. The zero-order valence-electron chi connectivity index (χ0n) is 14.5. The SMILES string of the molecule is COc1ccc(S(=O)(=O)N2CCC(Oc3ccc(C)nn3)C2)cc1C. The quantitative estimate of drug-likeness (QED) is 0.807. The summed E-state index contributed by atoms with van der Waals surface area (Å²) in [7, 11) is -1.99. The third-order valence-corrected chi connectivity index (χ3v) is 6.03. The molecule has 134 valence electrons. The van der Waals surface area contributed by atoms with Gasteiger partial charge in [-0.2, -0.15) is 9.40 Å². The van der Waals surface area contributed by atoms with Gasteiger partial charge in [-0.15, -0.1) is 5.10 Å². The van der Waals surface area contributed by atoms with Gasteiger partial charge in [-0.25, -0.2) is 8.42 Å². The summed E-state index contributed by atoms with van der Waals surface area (Å²) in [5.74, 6) is 1.08. The van der Waals surface area contributed by atoms with Crippen molar-refractivity contribution in [2.45, 2.75) is 31.3 Å². The van der Waals surface area contributed by atoms with Crippen molar-refractivity contribution in [1.82, 2.24) is 14.5 Å². The van der Waals surface area contributed by atoms with Crippen molar-refractivity contribution in [1.29, 1.82) is 0 Å². The minimum atomic E-state index is -3.56. The summed E-state index contributed by atoms with van der Waals surface area (Å²) in [6, 6.07) is 8.43. The summed E-state index contributed by atoms with van der Waals surface area (Å²) < 4.78 is 38.0. The van der Waals surface area contributed by atoms with Gasteiger partial charge in [0.15, 0.2) is 0 Å². The molecule has 1 aromatic carbocycles. The summed E-state index contributed by atoms with van der Waals surface area (Å²) in [6.07, 6.45) is 0.385. The van der Waals surface area contributed by atoms with Crippen molar-refractivity contribution in [2.75, 3.05) is 20.2 Å². The number of aryl methyl sites for hydroxylation is 2. The van der Waals surface area contributed by atoms with Crippen LogP contribution in [0.2, 0.25) is 0 Å². The van der Waals surface area contributed by atoms with Crippen LogP contribution in [0, 0.1) is 13.8 Å². The Morgan fingerprint density at radius 2 is 1.96 bits per heavy atom. The second-order valence-electron chi connectivity index (χ2n) is 6.04. The van der Waals surface area contributed by atoms with Gasteiger partial charge in [0.25, 0.3) is 0 Å². The minimum absolute atomic E-state index is 0.230. The van der Waals surface area contributed by atoms with Gasteiger partial charge in [0, 0.05) is 12.6 Å². The lowest BCUT2D eigenvalue weighted by atomic mass is 10.2. The van der Waals surface area contributed by atoms with E-state index in [0.29, 0.717) is 31.1 Å². The second-order valence-corrected chi connectivity index (χ2v) is 7.97. The van der Waals surface area contributed by atoms with Crippen LogP contribution in [-0.4, -0.2) is 49.2 Å². The molecule has 0 spiro atoms. The van der Waals surface area contributed by atoms with E-state index in [9.17, 15) is 8.42 Å². The van der Waals surface area contributed by atoms with Crippen LogP contribution < -0.4 is 9.47 Å². The molecule has 1 saturated heterocycles. The van der Waals surface area contributed by atoms with Crippen molar-refractivity contribution in [3.05, 3.63) is 41.6 Å². The lowest BCUT2D eigenvalue weighted by molar-refractivity contribution is 0.204. The highest BCUT2D eigenvalue weighted by atomic mass is 32.2. The molecule has 1 aliphatic heterocycles. The van der Waals surface area contributed by atoms with Crippen molar-refractivity contribution >= 4 is 10.0 Å². The summed E-state index contributed by atoms with van der Waals surface area (Å²) in [4.78, 5) is 0.265. The Kier molecular flexibility index (Phi) is 4.91. The third-order valence-electron chi connectivity index (χ3n) is 4.17. The molecule has 1 unspecified atom stereocenters. The number of nitrogens with zero attached hydrogens (tertiary/aromatic N) is 3. The molecule has 7 nitrogen and oxygen atoms in total. The summed E-state index contributed by atoms with van der Waals surface area (Å²) >= 11 is 0. The van der Waals surface area contributed by atoms with Crippen molar-refractivity contribution < 1.29 is 17.9 Å². The first-order valence-corrected chi connectivity index (χ1v) is 9.46. The Balaban J connectivity index is 1.71. The van der Waals surface area contributed by atoms with Gasteiger partial charge >= 0.3 is 0 Å². The molecule has 2 heterocycles. The Morgan fingerprint density at radius 1 is 1.16 bits per heavy atom. The van der Waals surface area contributed by atoms with Crippen molar-refractivity contribution in [3.8, 4) is 11.6 Å². The first kappa shape index (κ1) is 17.6. The van der Waals surface area contributed by atoms with E-state index < -0.39 is 10.0 Å². The smallest absolute Gasteiger partial charge is 0.243 e. The molecule has 0 amide bonds. The zero-order valence-corrected chi connectivity index (χ0v) is 15.3. The fraction of sp³-hybridized carbons (Fsp3) is 0.412. The largest absolute Gasteiger partial charge is 0.496 e. The second kappa shape index (κ2) is 6.97. The Labute approximate surface area is 147 Å². The third kappa shape index (κ3) is 3.74. The van der Waals surface area contributed by atoms with Crippen molar-refractivity contribution in [2.24, 2.45) is 0 Å². The number of methoxy groups -OCH3 is 1. The lowest BCUT2D eigenvalue weighted by Gasteiger charge is -2.17. The maximum atomic E-state index is 12.8. The fourth-order valence-corrected chi connectivity index (χ4v) is 4.37. The molecule has 0 bridgehead atoms. The van der Waals surface area contributed by atoms with E-state index in [2.05, 4.69) is 10.2 Å². The fourth-order valence-electron chi connectivity index (χ4n) is 2.79. The molecule has 1 atom stereocenters. The molecule has 1 fully saturated rings. The van der Waals surface area contributed by atoms with E-state index in [-0.39, 0.29) is 11.0 Å². The molecule has 8 heteroatoms. The summed E-state index contributed by atoms with van der Waals surface area (Å²) in [6.45, 7) is 4.38. The van der Waals surface area contributed by atoms with Gasteiger partial charge in [-0.05, 0) is 50.1 Å². The molecular formula is C17H21N3O4S. The van der Waals surface area contributed by atoms with Crippen LogP contribution >= 0.6 is 0 Å². The molecule has 0 saturated carbocycles. The average Bonchev–Trinajstić information content (AvgIpc) is 3.06. The Bertz CT molecular complexity index is 853. The van der Waals surface area contributed by atoms with Crippen LogP contribution in [0.25, 0.3) is 0 Å². The van der Waals surface area contributed by atoms with Crippen LogP contribution in [-0.2, 0) is 10.0 Å². The van der Waals surface area contributed by atoms with Crippen LogP contribution in [0.5, 0.6) is 11.6 Å². The topological polar surface area (TPSA) is 81.6 Å². The molecular weight excluding hydrogens is 342 g/mol. The summed E-state index contributed by atoms with van der Waals surface area (Å²) in [5.41, 5.74) is 1.59. The van der Waals surface area contributed by atoms with Crippen LogP contribution in [0.3, 0.4) is 0 Å². The molecule has 0 radical (unpaired) electrons. The number of ether oxygens (including phenoxy) is 2. The molecule has 0 aliphatic carbocycles. The maximum absolute atomic E-state index is 12.8. The molecule has 25 heavy (non-hydrogen) atoms. The minimum Gasteiger partial charge on any atom is -0.496 e. The standard InChI is InChI=1S/C17H21N3O4S/c1-12-10-15(5-6-16(12)23-3)25(21,22)20-9-8-14(11-20)24-17-7-4-13(2)18-19-17/h4-7,10,14H,8-9,11H2,1-3H3. The molecule has 3 rings (SSSR count). The van der Waals surface area contributed by atoms with E-state index in [4.69, 9.17) is 9.47 Å². The van der Waals surface area contributed by atoms with E-state index in [1.54, 1.807) is 31.4 Å². The van der Waals surface area contributed by atoms with E-state index >= 15 is 0 Å². The van der Waals surface area contributed by atoms with Gasteiger partial charge in [-0.1, -0.05) is 0 Å². The van der Waals surface area contributed by atoms with E-state index in [1.165, 1.54) is 4.31 Å². The Hall–Kier alpha value is -2.19. The first-order valence-electron chi connectivity index (χ1n) is 8.02. The predicted octanol–water partition coefficient (Wildman–Crippen LogP) is 1.94. The van der Waals surface area contributed by atoms with Gasteiger partial charge in [-0.3, -0.25) is 0 Å². The zero-order chi connectivity index (χ0) is 18.0. The number of aromatic nitrogens is 2. The number of benzene rings is 1. The number of hydrogen-bond donors (Lipinski definition) is 0. The van der Waals surface area contributed by atoms with Gasteiger partial charge < -0.3 is 9.47 Å². The molecule has 0 N–H and O–H groups in total.